The summed E-state index contributed by atoms with van der Waals surface area (Å²) in [6.45, 7) is 2.37. The topological polar surface area (TPSA) is 65.5 Å². The van der Waals surface area contributed by atoms with Gasteiger partial charge in [0.2, 0.25) is 0 Å². The number of hydrogen-bond donors (Lipinski definition) is 2. The zero-order valence-electron chi connectivity index (χ0n) is 9.37. The van der Waals surface area contributed by atoms with Gasteiger partial charge in [-0.3, -0.25) is 4.79 Å². The first-order valence-corrected chi connectivity index (χ1v) is 5.37. The number of carboxylic acids is 1. The number of carboxylic acid groups (broad SMARTS) is 1. The molecular weight excluding hydrogens is 242 g/mol. The molecule has 2 N–H and O–H groups in total. The summed E-state index contributed by atoms with van der Waals surface area (Å²) in [5, 5.41) is 12.1. The fourth-order valence-corrected chi connectivity index (χ4v) is 1.97. The molecule has 0 saturated carbocycles. The normalized spacial score (nSPS) is 19.5. The van der Waals surface area contributed by atoms with E-state index in [0.29, 0.717) is 6.54 Å². The van der Waals surface area contributed by atoms with E-state index in [0.717, 1.165) is 18.9 Å². The highest BCUT2D eigenvalue weighted by Gasteiger charge is 2.25. The Morgan fingerprint density at radius 3 is 3.06 bits per heavy atom. The average Bonchev–Trinajstić information content (AvgIpc) is 2.30. The minimum Gasteiger partial charge on any atom is -0.481 e. The van der Waals surface area contributed by atoms with Crippen molar-refractivity contribution in [2.75, 3.05) is 24.5 Å². The maximum Gasteiger partial charge on any atom is 0.305 e. The van der Waals surface area contributed by atoms with Crippen LogP contribution in [0.25, 0.3) is 0 Å². The third-order valence-electron chi connectivity index (χ3n) is 2.70. The van der Waals surface area contributed by atoms with Crippen LogP contribution in [-0.4, -0.2) is 41.7 Å². The molecule has 0 bridgehead atoms. The Hall–Kier alpha value is -1.33. The van der Waals surface area contributed by atoms with Crippen molar-refractivity contribution in [3.8, 4) is 0 Å². The van der Waals surface area contributed by atoms with Crippen LogP contribution in [0.15, 0.2) is 24.4 Å². The van der Waals surface area contributed by atoms with Crippen molar-refractivity contribution in [1.82, 2.24) is 10.3 Å². The molecule has 2 heterocycles. The Morgan fingerprint density at radius 1 is 1.59 bits per heavy atom. The molecule has 1 aliphatic heterocycles. The van der Waals surface area contributed by atoms with Gasteiger partial charge in [-0.2, -0.15) is 0 Å². The van der Waals surface area contributed by atoms with E-state index in [4.69, 9.17) is 5.11 Å². The van der Waals surface area contributed by atoms with Crippen molar-refractivity contribution < 1.29 is 9.90 Å². The molecule has 2 rings (SSSR count). The summed E-state index contributed by atoms with van der Waals surface area (Å²) in [6, 6.07) is 5.68. The molecule has 0 amide bonds. The summed E-state index contributed by atoms with van der Waals surface area (Å²) < 4.78 is 0. The van der Waals surface area contributed by atoms with Gasteiger partial charge in [-0.15, -0.1) is 12.4 Å². The largest absolute Gasteiger partial charge is 0.481 e. The summed E-state index contributed by atoms with van der Waals surface area (Å²) in [6.07, 6.45) is 1.87. The van der Waals surface area contributed by atoms with Gasteiger partial charge in [0.1, 0.15) is 5.82 Å². The van der Waals surface area contributed by atoms with Gasteiger partial charge >= 0.3 is 5.97 Å². The molecule has 17 heavy (non-hydrogen) atoms. The lowest BCUT2D eigenvalue weighted by Crippen LogP contribution is -2.52. The third-order valence-corrected chi connectivity index (χ3v) is 2.70. The first kappa shape index (κ1) is 13.7. The van der Waals surface area contributed by atoms with Gasteiger partial charge in [0, 0.05) is 25.8 Å². The van der Waals surface area contributed by atoms with Crippen molar-refractivity contribution in [2.45, 2.75) is 12.5 Å². The highest BCUT2D eigenvalue weighted by Crippen LogP contribution is 2.16. The predicted molar refractivity (Wildman–Crippen MR) is 67.7 cm³/mol. The first-order valence-electron chi connectivity index (χ1n) is 5.37. The summed E-state index contributed by atoms with van der Waals surface area (Å²) in [5.74, 6) is 0.0879. The maximum atomic E-state index is 10.8. The van der Waals surface area contributed by atoms with Crippen molar-refractivity contribution >= 4 is 24.2 Å². The molecule has 1 atom stereocenters. The van der Waals surface area contributed by atoms with E-state index in [9.17, 15) is 4.79 Å². The Bertz CT molecular complexity index is 361. The number of rotatable bonds is 3. The number of halogens is 1. The lowest BCUT2D eigenvalue weighted by molar-refractivity contribution is -0.137. The van der Waals surface area contributed by atoms with Crippen LogP contribution in [0.3, 0.4) is 0 Å². The standard InChI is InChI=1S/C11H15N3O2.ClH/c15-11(16)7-9-8-12-5-6-14(9)10-3-1-2-4-13-10;/h1-4,9,12H,5-8H2,(H,15,16);1H. The van der Waals surface area contributed by atoms with Crippen LogP contribution in [-0.2, 0) is 4.79 Å². The Labute approximate surface area is 106 Å². The van der Waals surface area contributed by atoms with Crippen LogP contribution in [0.4, 0.5) is 5.82 Å². The molecule has 0 aliphatic carbocycles. The number of carbonyl (C=O) groups is 1. The smallest absolute Gasteiger partial charge is 0.305 e. The van der Waals surface area contributed by atoms with E-state index < -0.39 is 5.97 Å². The van der Waals surface area contributed by atoms with Crippen LogP contribution in [0.5, 0.6) is 0 Å². The molecule has 1 fully saturated rings. The SMILES string of the molecule is Cl.O=C(O)CC1CNCCN1c1ccccn1. The number of aromatic nitrogens is 1. The molecule has 0 aromatic carbocycles. The fraction of sp³-hybridized carbons (Fsp3) is 0.455. The maximum absolute atomic E-state index is 10.8. The molecule has 5 nitrogen and oxygen atoms in total. The van der Waals surface area contributed by atoms with Crippen LogP contribution >= 0.6 is 12.4 Å². The van der Waals surface area contributed by atoms with Gasteiger partial charge in [0.25, 0.3) is 0 Å². The van der Waals surface area contributed by atoms with E-state index in [1.54, 1.807) is 6.20 Å². The quantitative estimate of drug-likeness (QED) is 0.837. The molecule has 0 radical (unpaired) electrons. The number of anilines is 1. The molecular formula is C11H16ClN3O2. The van der Waals surface area contributed by atoms with Gasteiger partial charge in [-0.1, -0.05) is 6.07 Å². The van der Waals surface area contributed by atoms with Crippen molar-refractivity contribution in [2.24, 2.45) is 0 Å². The van der Waals surface area contributed by atoms with Crippen LogP contribution in [0.1, 0.15) is 6.42 Å². The van der Waals surface area contributed by atoms with Crippen LogP contribution in [0.2, 0.25) is 0 Å². The van der Waals surface area contributed by atoms with Crippen molar-refractivity contribution in [1.29, 1.82) is 0 Å². The van der Waals surface area contributed by atoms with E-state index in [1.165, 1.54) is 0 Å². The molecule has 1 saturated heterocycles. The lowest BCUT2D eigenvalue weighted by atomic mass is 10.1. The Morgan fingerprint density at radius 2 is 2.41 bits per heavy atom. The molecule has 1 unspecified atom stereocenters. The zero-order chi connectivity index (χ0) is 11.4. The third kappa shape index (κ3) is 3.57. The van der Waals surface area contributed by atoms with Gasteiger partial charge < -0.3 is 15.3 Å². The van der Waals surface area contributed by atoms with Crippen molar-refractivity contribution in [3.63, 3.8) is 0 Å². The van der Waals surface area contributed by atoms with E-state index in [2.05, 4.69) is 15.2 Å². The summed E-state index contributed by atoms with van der Waals surface area (Å²) >= 11 is 0. The predicted octanol–water partition coefficient (Wildman–Crippen LogP) is 0.756. The van der Waals surface area contributed by atoms with Gasteiger partial charge in [-0.25, -0.2) is 4.98 Å². The fourth-order valence-electron chi connectivity index (χ4n) is 1.97. The Balaban J connectivity index is 0.00000144. The van der Waals surface area contributed by atoms with E-state index in [1.807, 2.05) is 18.2 Å². The average molecular weight is 258 g/mol. The second kappa shape index (κ2) is 6.42. The molecule has 1 aromatic rings. The Kier molecular flexibility index (Phi) is 5.18. The minimum atomic E-state index is -0.769. The molecule has 1 aliphatic rings. The van der Waals surface area contributed by atoms with Gasteiger partial charge in [-0.05, 0) is 12.1 Å². The zero-order valence-corrected chi connectivity index (χ0v) is 10.2. The number of pyridine rings is 1. The molecule has 6 heteroatoms. The number of aliphatic carboxylic acids is 1. The minimum absolute atomic E-state index is 0. The summed E-state index contributed by atoms with van der Waals surface area (Å²) in [5.41, 5.74) is 0. The van der Waals surface area contributed by atoms with E-state index in [-0.39, 0.29) is 24.9 Å². The van der Waals surface area contributed by atoms with E-state index >= 15 is 0 Å². The highest BCUT2D eigenvalue weighted by molar-refractivity contribution is 5.85. The first-order chi connectivity index (χ1) is 7.77. The molecule has 1 aromatic heterocycles. The molecule has 94 valence electrons. The van der Waals surface area contributed by atoms with Crippen molar-refractivity contribution in [3.05, 3.63) is 24.4 Å². The summed E-state index contributed by atoms with van der Waals surface area (Å²) in [7, 11) is 0. The monoisotopic (exact) mass is 257 g/mol. The number of piperazine rings is 1. The second-order valence-electron chi connectivity index (χ2n) is 3.84. The molecule has 0 spiro atoms. The second-order valence-corrected chi connectivity index (χ2v) is 3.84. The highest BCUT2D eigenvalue weighted by atomic mass is 35.5. The number of nitrogens with zero attached hydrogens (tertiary/aromatic N) is 2. The summed E-state index contributed by atoms with van der Waals surface area (Å²) in [4.78, 5) is 17.1. The van der Waals surface area contributed by atoms with Gasteiger partial charge in [0.15, 0.2) is 0 Å². The van der Waals surface area contributed by atoms with Crippen LogP contribution in [0, 0.1) is 0 Å². The number of hydrogen-bond acceptors (Lipinski definition) is 4. The lowest BCUT2D eigenvalue weighted by Gasteiger charge is -2.36. The van der Waals surface area contributed by atoms with Crippen LogP contribution < -0.4 is 10.2 Å². The number of nitrogens with one attached hydrogen (secondary N) is 1. The van der Waals surface area contributed by atoms with Gasteiger partial charge in [0.05, 0.1) is 12.5 Å².